The number of carbonyl (C=O) groups excluding carboxylic acids is 3. The van der Waals surface area contributed by atoms with Crippen LogP contribution in [0.3, 0.4) is 0 Å². The van der Waals surface area contributed by atoms with E-state index in [4.69, 9.17) is 11.6 Å². The highest BCUT2D eigenvalue weighted by Crippen LogP contribution is 2.38. The van der Waals surface area contributed by atoms with Gasteiger partial charge in [-0.05, 0) is 63.0 Å². The molecule has 6 nitrogen and oxygen atoms in total. The molecule has 1 aliphatic heterocycles. The van der Waals surface area contributed by atoms with Crippen molar-refractivity contribution in [3.8, 4) is 0 Å². The summed E-state index contributed by atoms with van der Waals surface area (Å²) in [7, 11) is 3.89. The van der Waals surface area contributed by atoms with Gasteiger partial charge in [0.25, 0.3) is 5.91 Å². The number of ketones is 2. The molecule has 0 saturated carbocycles. The van der Waals surface area contributed by atoms with Gasteiger partial charge in [0.05, 0.1) is 6.04 Å². The molecule has 1 aromatic carbocycles. The van der Waals surface area contributed by atoms with Crippen LogP contribution in [-0.2, 0) is 9.59 Å². The Morgan fingerprint density at radius 2 is 1.89 bits per heavy atom. The zero-order valence-corrected chi connectivity index (χ0v) is 16.6. The number of nitrogens with zero attached hydrogens (tertiary/aromatic N) is 3. The van der Waals surface area contributed by atoms with E-state index in [2.05, 4.69) is 4.98 Å². The van der Waals surface area contributed by atoms with Crippen molar-refractivity contribution in [1.29, 1.82) is 0 Å². The second kappa shape index (κ2) is 8.63. The van der Waals surface area contributed by atoms with Gasteiger partial charge in [-0.1, -0.05) is 17.7 Å². The van der Waals surface area contributed by atoms with Crippen LogP contribution >= 0.6 is 11.6 Å². The summed E-state index contributed by atoms with van der Waals surface area (Å²) in [5.74, 6) is -2.74. The maximum Gasteiger partial charge on any atom is 0.291 e. The molecule has 0 aliphatic carbocycles. The topological polar surface area (TPSA) is 70.6 Å². The first-order valence-electron chi connectivity index (χ1n) is 9.09. The summed E-state index contributed by atoms with van der Waals surface area (Å²) >= 11 is 5.91. The van der Waals surface area contributed by atoms with Crippen molar-refractivity contribution in [2.75, 3.05) is 27.2 Å². The fourth-order valence-electron chi connectivity index (χ4n) is 3.50. The molecule has 2 aromatic rings. The zero-order valence-electron chi connectivity index (χ0n) is 15.8. The minimum absolute atomic E-state index is 0.361. The Hall–Kier alpha value is -2.57. The zero-order chi connectivity index (χ0) is 20.3. The standard InChI is InChI=1S/C21H22ClN3O3/c1-24(2)11-4-12-25-18(15-5-3-10-23-13-15)17(20(27)21(25)28)19(26)14-6-8-16(22)9-7-14/h3,5-10,13,17-18H,4,11-12H2,1-2H3. The van der Waals surface area contributed by atoms with Gasteiger partial charge < -0.3 is 9.80 Å². The minimum atomic E-state index is -1.09. The molecule has 3 rings (SSSR count). The van der Waals surface area contributed by atoms with Crippen molar-refractivity contribution < 1.29 is 14.4 Å². The Morgan fingerprint density at radius 1 is 1.18 bits per heavy atom. The molecular weight excluding hydrogens is 378 g/mol. The van der Waals surface area contributed by atoms with Crippen molar-refractivity contribution in [2.45, 2.75) is 12.5 Å². The third-order valence-corrected chi connectivity index (χ3v) is 5.10. The van der Waals surface area contributed by atoms with Crippen molar-refractivity contribution in [3.63, 3.8) is 0 Å². The van der Waals surface area contributed by atoms with E-state index in [1.807, 2.05) is 19.0 Å². The number of Topliss-reactive ketones (excluding diaryl/α,β-unsaturated/α-hetero) is 2. The summed E-state index contributed by atoms with van der Waals surface area (Å²) in [4.78, 5) is 46.3. The highest BCUT2D eigenvalue weighted by atomic mass is 35.5. The fraction of sp³-hybridized carbons (Fsp3) is 0.333. The first kappa shape index (κ1) is 20.2. The van der Waals surface area contributed by atoms with Crippen LogP contribution in [0.2, 0.25) is 5.02 Å². The molecule has 1 fully saturated rings. The Kier molecular flexibility index (Phi) is 6.21. The number of rotatable bonds is 7. The predicted molar refractivity (Wildman–Crippen MR) is 106 cm³/mol. The fourth-order valence-corrected chi connectivity index (χ4v) is 3.63. The number of hydrogen-bond acceptors (Lipinski definition) is 5. The van der Waals surface area contributed by atoms with Crippen LogP contribution in [0.15, 0.2) is 48.8 Å². The molecule has 0 N–H and O–H groups in total. The summed E-state index contributed by atoms with van der Waals surface area (Å²) in [6, 6.07) is 9.25. The van der Waals surface area contributed by atoms with Crippen LogP contribution in [0.1, 0.15) is 28.4 Å². The van der Waals surface area contributed by atoms with Crippen LogP contribution in [0.25, 0.3) is 0 Å². The van der Waals surface area contributed by atoms with E-state index in [0.29, 0.717) is 29.1 Å². The molecular formula is C21H22ClN3O3. The number of pyridine rings is 1. The average Bonchev–Trinajstić information content (AvgIpc) is 2.93. The van der Waals surface area contributed by atoms with Crippen LogP contribution < -0.4 is 0 Å². The SMILES string of the molecule is CN(C)CCCN1C(=O)C(=O)C(C(=O)c2ccc(Cl)cc2)C1c1cccnc1. The molecule has 2 heterocycles. The first-order chi connectivity index (χ1) is 13.4. The first-order valence-corrected chi connectivity index (χ1v) is 9.47. The second-order valence-electron chi connectivity index (χ2n) is 7.10. The average molecular weight is 400 g/mol. The van der Waals surface area contributed by atoms with E-state index in [0.717, 1.165) is 6.54 Å². The minimum Gasteiger partial charge on any atom is -0.328 e. The van der Waals surface area contributed by atoms with Crippen molar-refractivity contribution >= 4 is 29.1 Å². The lowest BCUT2D eigenvalue weighted by Gasteiger charge is -2.27. The smallest absolute Gasteiger partial charge is 0.291 e. The highest BCUT2D eigenvalue weighted by Gasteiger charge is 2.51. The maximum atomic E-state index is 13.2. The Balaban J connectivity index is 1.96. The lowest BCUT2D eigenvalue weighted by atomic mass is 9.87. The quantitative estimate of drug-likeness (QED) is 0.406. The van der Waals surface area contributed by atoms with E-state index in [-0.39, 0.29) is 5.78 Å². The summed E-state index contributed by atoms with van der Waals surface area (Å²) in [6.07, 6.45) is 3.93. The molecule has 2 atom stereocenters. The lowest BCUT2D eigenvalue weighted by Crippen LogP contribution is -2.33. The molecule has 28 heavy (non-hydrogen) atoms. The van der Waals surface area contributed by atoms with Crippen LogP contribution in [0.4, 0.5) is 0 Å². The molecule has 1 aliphatic rings. The van der Waals surface area contributed by atoms with Crippen molar-refractivity contribution in [2.24, 2.45) is 5.92 Å². The molecule has 2 unspecified atom stereocenters. The Labute approximate surface area is 169 Å². The number of likely N-dealkylation sites (tertiary alicyclic amines) is 1. The van der Waals surface area contributed by atoms with Crippen molar-refractivity contribution in [1.82, 2.24) is 14.8 Å². The summed E-state index contributed by atoms with van der Waals surface area (Å²) < 4.78 is 0. The van der Waals surface area contributed by atoms with E-state index in [1.165, 1.54) is 4.90 Å². The number of halogens is 1. The molecule has 1 aromatic heterocycles. The molecule has 0 radical (unpaired) electrons. The third-order valence-electron chi connectivity index (χ3n) is 4.85. The van der Waals surface area contributed by atoms with Gasteiger partial charge in [-0.2, -0.15) is 0 Å². The van der Waals surface area contributed by atoms with Gasteiger partial charge in [-0.25, -0.2) is 0 Å². The maximum absolute atomic E-state index is 13.2. The van der Waals surface area contributed by atoms with E-state index >= 15 is 0 Å². The van der Waals surface area contributed by atoms with E-state index in [9.17, 15) is 14.4 Å². The van der Waals surface area contributed by atoms with E-state index in [1.54, 1.807) is 48.8 Å². The summed E-state index contributed by atoms with van der Waals surface area (Å²) in [5.41, 5.74) is 1.04. The van der Waals surface area contributed by atoms with Gasteiger partial charge in [0.1, 0.15) is 5.92 Å². The lowest BCUT2D eigenvalue weighted by molar-refractivity contribution is -0.140. The molecule has 146 valence electrons. The van der Waals surface area contributed by atoms with Gasteiger partial charge in [0.2, 0.25) is 5.78 Å². The molecule has 0 spiro atoms. The van der Waals surface area contributed by atoms with Gasteiger partial charge in [0, 0.05) is 29.5 Å². The van der Waals surface area contributed by atoms with Gasteiger partial charge >= 0.3 is 0 Å². The third kappa shape index (κ3) is 4.13. The summed E-state index contributed by atoms with van der Waals surface area (Å²) in [6.45, 7) is 1.17. The molecule has 7 heteroatoms. The predicted octanol–water partition coefficient (Wildman–Crippen LogP) is 2.64. The number of amides is 1. The van der Waals surface area contributed by atoms with E-state index < -0.39 is 23.7 Å². The van der Waals surface area contributed by atoms with Crippen LogP contribution in [0.5, 0.6) is 0 Å². The van der Waals surface area contributed by atoms with Crippen LogP contribution in [0, 0.1) is 5.92 Å². The number of benzene rings is 1. The Morgan fingerprint density at radius 3 is 2.50 bits per heavy atom. The monoisotopic (exact) mass is 399 g/mol. The molecule has 0 bridgehead atoms. The number of hydrogen-bond donors (Lipinski definition) is 0. The van der Waals surface area contributed by atoms with Gasteiger partial charge in [0.15, 0.2) is 5.78 Å². The van der Waals surface area contributed by atoms with Crippen molar-refractivity contribution in [3.05, 3.63) is 64.9 Å². The molecule has 1 saturated heterocycles. The highest BCUT2D eigenvalue weighted by molar-refractivity contribution is 6.44. The Bertz CT molecular complexity index is 868. The van der Waals surface area contributed by atoms with Gasteiger partial charge in [-0.3, -0.25) is 19.4 Å². The largest absolute Gasteiger partial charge is 0.328 e. The van der Waals surface area contributed by atoms with Crippen LogP contribution in [-0.4, -0.2) is 59.4 Å². The summed E-state index contributed by atoms with van der Waals surface area (Å²) in [5, 5.41) is 0.500. The second-order valence-corrected chi connectivity index (χ2v) is 7.54. The number of carbonyl (C=O) groups is 3. The molecule has 1 amide bonds. The normalized spacial score (nSPS) is 19.5. The van der Waals surface area contributed by atoms with Gasteiger partial charge in [-0.15, -0.1) is 0 Å². The number of aromatic nitrogens is 1.